The van der Waals surface area contributed by atoms with Gasteiger partial charge in [-0.15, -0.1) is 0 Å². The molecular formula is C19H28N6O2. The average molecular weight is 372 g/mol. The van der Waals surface area contributed by atoms with Gasteiger partial charge >= 0.3 is 0 Å². The number of hydrogen-bond donors (Lipinski definition) is 2. The van der Waals surface area contributed by atoms with E-state index in [-0.39, 0.29) is 5.91 Å². The quantitative estimate of drug-likeness (QED) is 0.825. The Kier molecular flexibility index (Phi) is 5.54. The van der Waals surface area contributed by atoms with E-state index < -0.39 is 0 Å². The topological polar surface area (TPSA) is 86.4 Å². The molecule has 8 nitrogen and oxygen atoms in total. The summed E-state index contributed by atoms with van der Waals surface area (Å²) < 4.78 is 5.36. The first-order valence-electron chi connectivity index (χ1n) is 9.85. The molecule has 0 aliphatic carbocycles. The van der Waals surface area contributed by atoms with Gasteiger partial charge in [0.05, 0.1) is 24.1 Å². The van der Waals surface area contributed by atoms with Crippen molar-refractivity contribution in [1.82, 2.24) is 25.0 Å². The number of piperidine rings is 1. The SMILES string of the molecule is Cc1[nH]nc2ccnc(NC3CCN(C(=O)CCN4CCOCC4)CC3)c12. The van der Waals surface area contributed by atoms with Gasteiger partial charge in [-0.2, -0.15) is 5.10 Å². The molecule has 4 heterocycles. The van der Waals surface area contributed by atoms with Crippen LogP contribution in [0.5, 0.6) is 0 Å². The van der Waals surface area contributed by atoms with Gasteiger partial charge in [0.1, 0.15) is 5.82 Å². The Bertz CT molecular complexity index is 778. The zero-order valence-corrected chi connectivity index (χ0v) is 15.9. The van der Waals surface area contributed by atoms with Crippen molar-refractivity contribution >= 4 is 22.6 Å². The summed E-state index contributed by atoms with van der Waals surface area (Å²) in [4.78, 5) is 21.3. The van der Waals surface area contributed by atoms with Crippen LogP contribution in [0.25, 0.3) is 10.9 Å². The molecule has 2 saturated heterocycles. The van der Waals surface area contributed by atoms with E-state index in [9.17, 15) is 4.79 Å². The molecule has 8 heteroatoms. The van der Waals surface area contributed by atoms with Crippen LogP contribution in [0.4, 0.5) is 5.82 Å². The number of hydrogen-bond acceptors (Lipinski definition) is 6. The minimum atomic E-state index is 0.269. The maximum atomic E-state index is 12.5. The molecule has 4 rings (SSSR count). The molecule has 2 aromatic heterocycles. The van der Waals surface area contributed by atoms with E-state index in [1.807, 2.05) is 17.9 Å². The molecule has 0 bridgehead atoms. The van der Waals surface area contributed by atoms with Gasteiger partial charge in [-0.05, 0) is 25.8 Å². The monoisotopic (exact) mass is 372 g/mol. The fourth-order valence-corrected chi connectivity index (χ4v) is 3.93. The van der Waals surface area contributed by atoms with Crippen LogP contribution in [0, 0.1) is 6.92 Å². The van der Waals surface area contributed by atoms with Crippen molar-refractivity contribution in [2.45, 2.75) is 32.2 Å². The van der Waals surface area contributed by atoms with E-state index in [4.69, 9.17) is 4.74 Å². The van der Waals surface area contributed by atoms with Crippen molar-refractivity contribution in [2.24, 2.45) is 0 Å². The molecule has 0 saturated carbocycles. The van der Waals surface area contributed by atoms with Crippen LogP contribution >= 0.6 is 0 Å². The number of amides is 1. The highest BCUT2D eigenvalue weighted by Gasteiger charge is 2.24. The van der Waals surface area contributed by atoms with Crippen LogP contribution in [0.3, 0.4) is 0 Å². The summed E-state index contributed by atoms with van der Waals surface area (Å²) in [5.74, 6) is 1.15. The number of morpholine rings is 1. The van der Waals surface area contributed by atoms with Gasteiger partial charge in [-0.3, -0.25) is 14.8 Å². The molecule has 2 N–H and O–H groups in total. The van der Waals surface area contributed by atoms with Gasteiger partial charge in [0.2, 0.25) is 5.91 Å². The second kappa shape index (κ2) is 8.22. The normalized spacial score (nSPS) is 19.5. The number of aromatic nitrogens is 3. The Hall–Kier alpha value is -2.19. The molecule has 0 radical (unpaired) electrons. The molecule has 2 aliphatic rings. The lowest BCUT2D eigenvalue weighted by molar-refractivity contribution is -0.132. The van der Waals surface area contributed by atoms with Gasteiger partial charge in [0.25, 0.3) is 0 Å². The summed E-state index contributed by atoms with van der Waals surface area (Å²) >= 11 is 0. The fraction of sp³-hybridized carbons (Fsp3) is 0.632. The van der Waals surface area contributed by atoms with Gasteiger partial charge < -0.3 is 15.0 Å². The third-order valence-electron chi connectivity index (χ3n) is 5.58. The summed E-state index contributed by atoms with van der Waals surface area (Å²) in [6.07, 6.45) is 4.28. The molecule has 2 aliphatic heterocycles. The van der Waals surface area contributed by atoms with Gasteiger partial charge in [-0.1, -0.05) is 0 Å². The lowest BCUT2D eigenvalue weighted by Gasteiger charge is -2.33. The highest BCUT2D eigenvalue weighted by molar-refractivity contribution is 5.91. The predicted octanol–water partition coefficient (Wildman–Crippen LogP) is 1.39. The number of carbonyl (C=O) groups is 1. The number of nitrogens with one attached hydrogen (secondary N) is 2. The minimum absolute atomic E-state index is 0.269. The van der Waals surface area contributed by atoms with Crippen LogP contribution in [0.1, 0.15) is 25.0 Å². The number of aromatic amines is 1. The Morgan fingerprint density at radius 1 is 1.30 bits per heavy atom. The lowest BCUT2D eigenvalue weighted by atomic mass is 10.0. The van der Waals surface area contributed by atoms with Crippen molar-refractivity contribution in [3.05, 3.63) is 18.0 Å². The molecule has 0 atom stereocenters. The number of fused-ring (bicyclic) bond motifs is 1. The van der Waals surface area contributed by atoms with Crippen molar-refractivity contribution < 1.29 is 9.53 Å². The molecule has 0 aromatic carbocycles. The van der Waals surface area contributed by atoms with Crippen LogP contribution in [0.15, 0.2) is 12.3 Å². The number of pyridine rings is 1. The Balaban J connectivity index is 1.27. The lowest BCUT2D eigenvalue weighted by Crippen LogP contribution is -2.44. The molecule has 0 spiro atoms. The first-order chi connectivity index (χ1) is 13.2. The number of likely N-dealkylation sites (tertiary alicyclic amines) is 1. The molecule has 27 heavy (non-hydrogen) atoms. The molecular weight excluding hydrogens is 344 g/mol. The van der Waals surface area contributed by atoms with Gasteiger partial charge in [0.15, 0.2) is 0 Å². The van der Waals surface area contributed by atoms with Crippen molar-refractivity contribution in [3.8, 4) is 0 Å². The first-order valence-corrected chi connectivity index (χ1v) is 9.85. The number of ether oxygens (including phenoxy) is 1. The molecule has 0 unspecified atom stereocenters. The van der Waals surface area contributed by atoms with Crippen molar-refractivity contribution in [3.63, 3.8) is 0 Å². The predicted molar refractivity (Wildman–Crippen MR) is 104 cm³/mol. The highest BCUT2D eigenvalue weighted by atomic mass is 16.5. The maximum Gasteiger partial charge on any atom is 0.223 e. The van der Waals surface area contributed by atoms with Crippen molar-refractivity contribution in [1.29, 1.82) is 0 Å². The van der Waals surface area contributed by atoms with E-state index in [0.29, 0.717) is 12.5 Å². The molecule has 2 fully saturated rings. The second-order valence-corrected chi connectivity index (χ2v) is 7.41. The third-order valence-corrected chi connectivity index (χ3v) is 5.58. The fourth-order valence-electron chi connectivity index (χ4n) is 3.93. The summed E-state index contributed by atoms with van der Waals surface area (Å²) in [7, 11) is 0. The Morgan fingerprint density at radius 3 is 2.85 bits per heavy atom. The Labute approximate surface area is 159 Å². The van der Waals surface area contributed by atoms with E-state index in [1.165, 1.54) is 0 Å². The number of nitrogens with zero attached hydrogens (tertiary/aromatic N) is 4. The van der Waals surface area contributed by atoms with Crippen LogP contribution in [-0.4, -0.2) is 82.9 Å². The van der Waals surface area contributed by atoms with Gasteiger partial charge in [-0.25, -0.2) is 4.98 Å². The van der Waals surface area contributed by atoms with E-state index in [2.05, 4.69) is 25.4 Å². The zero-order chi connectivity index (χ0) is 18.6. The van der Waals surface area contributed by atoms with Gasteiger partial charge in [0, 0.05) is 57.1 Å². The van der Waals surface area contributed by atoms with E-state index in [0.717, 1.165) is 81.2 Å². The number of aryl methyl sites for hydroxylation is 1. The number of H-pyrrole nitrogens is 1. The Morgan fingerprint density at radius 2 is 2.07 bits per heavy atom. The average Bonchev–Trinajstić information content (AvgIpc) is 3.09. The third kappa shape index (κ3) is 4.22. The number of carbonyl (C=O) groups excluding carboxylic acids is 1. The zero-order valence-electron chi connectivity index (χ0n) is 15.9. The van der Waals surface area contributed by atoms with Crippen LogP contribution in [-0.2, 0) is 9.53 Å². The maximum absolute atomic E-state index is 12.5. The standard InChI is InChI=1S/C19H28N6O2/c1-14-18-16(23-22-14)2-6-20-19(18)21-15-3-8-25(9-4-15)17(26)5-7-24-10-12-27-13-11-24/h2,6,15H,3-5,7-13H2,1H3,(H,20,21)(H,22,23). The molecule has 146 valence electrons. The highest BCUT2D eigenvalue weighted by Crippen LogP contribution is 2.25. The van der Waals surface area contributed by atoms with Crippen LogP contribution in [0.2, 0.25) is 0 Å². The largest absolute Gasteiger partial charge is 0.379 e. The van der Waals surface area contributed by atoms with E-state index >= 15 is 0 Å². The van der Waals surface area contributed by atoms with Crippen molar-refractivity contribution in [2.75, 3.05) is 51.3 Å². The first kappa shape index (κ1) is 18.2. The van der Waals surface area contributed by atoms with E-state index in [1.54, 1.807) is 6.20 Å². The molecule has 1 amide bonds. The summed E-state index contributed by atoms with van der Waals surface area (Å²) in [6, 6.07) is 2.25. The van der Waals surface area contributed by atoms with Crippen LogP contribution < -0.4 is 5.32 Å². The minimum Gasteiger partial charge on any atom is -0.379 e. The smallest absolute Gasteiger partial charge is 0.223 e. The number of anilines is 1. The molecule has 2 aromatic rings. The summed E-state index contributed by atoms with van der Waals surface area (Å²) in [6.45, 7) is 7.89. The summed E-state index contributed by atoms with van der Waals surface area (Å²) in [5, 5.41) is 11.9. The number of rotatable bonds is 5. The second-order valence-electron chi connectivity index (χ2n) is 7.41. The summed E-state index contributed by atoms with van der Waals surface area (Å²) in [5.41, 5.74) is 1.96.